The van der Waals surface area contributed by atoms with Gasteiger partial charge in [-0.1, -0.05) is 6.07 Å². The molecule has 0 fully saturated rings. The number of esters is 1. The number of nitro benzene ring substituents is 1. The lowest BCUT2D eigenvalue weighted by molar-refractivity contribution is -0.385. The number of hydrogen-bond donors (Lipinski definition) is 0. The van der Waals surface area contributed by atoms with Crippen LogP contribution in [-0.4, -0.2) is 53.1 Å². The topological polar surface area (TPSA) is 133 Å². The highest BCUT2D eigenvalue weighted by Gasteiger charge is 2.45. The summed E-state index contributed by atoms with van der Waals surface area (Å²) in [7, 11) is 1.48. The largest absolute Gasteiger partial charge is 0.497 e. The fourth-order valence-electron chi connectivity index (χ4n) is 3.01. The Morgan fingerprint density at radius 2 is 1.77 bits per heavy atom. The summed E-state index contributed by atoms with van der Waals surface area (Å²) in [6, 6.07) is 8.43. The van der Waals surface area contributed by atoms with Crippen LogP contribution in [0, 0.1) is 10.1 Å². The standard InChI is InChI=1S/C20H16N2O8/c1-11(20(26)30-10-16(23)12-6-8-13(29-2)9-7-12)21-18(24)14-4-3-5-15(22(27)28)17(14)19(21)25/h3-9,11H,10H2,1-2H3/t11-/m0/s1. The third kappa shape index (κ3) is 3.62. The van der Waals surface area contributed by atoms with Crippen molar-refractivity contribution < 1.29 is 33.6 Å². The maximum atomic E-state index is 12.6. The summed E-state index contributed by atoms with van der Waals surface area (Å²) in [4.78, 5) is 60.7. The Labute approximate surface area is 170 Å². The lowest BCUT2D eigenvalue weighted by Crippen LogP contribution is -2.44. The van der Waals surface area contributed by atoms with E-state index in [1.165, 1.54) is 38.3 Å². The molecule has 0 aromatic heterocycles. The number of carbonyl (C=O) groups excluding carboxylic acids is 4. The summed E-state index contributed by atoms with van der Waals surface area (Å²) < 4.78 is 9.96. The van der Waals surface area contributed by atoms with Crippen LogP contribution in [0.3, 0.4) is 0 Å². The van der Waals surface area contributed by atoms with Crippen molar-refractivity contribution in [1.82, 2.24) is 4.90 Å². The van der Waals surface area contributed by atoms with Crippen LogP contribution in [0.4, 0.5) is 5.69 Å². The Kier molecular flexibility index (Phi) is 5.58. The van der Waals surface area contributed by atoms with Crippen molar-refractivity contribution in [3.05, 3.63) is 69.3 Å². The zero-order chi connectivity index (χ0) is 22.0. The second-order valence-electron chi connectivity index (χ2n) is 6.37. The number of Topliss-reactive ketones (excluding diaryl/α,β-unsaturated/α-hetero) is 1. The number of methoxy groups -OCH3 is 1. The summed E-state index contributed by atoms with van der Waals surface area (Å²) >= 11 is 0. The first-order valence-corrected chi connectivity index (χ1v) is 8.75. The number of amides is 2. The summed E-state index contributed by atoms with van der Waals surface area (Å²) in [6.45, 7) is 0.645. The monoisotopic (exact) mass is 412 g/mol. The van der Waals surface area contributed by atoms with Crippen LogP contribution in [0.1, 0.15) is 38.0 Å². The summed E-state index contributed by atoms with van der Waals surface area (Å²) in [5.41, 5.74) is -0.777. The van der Waals surface area contributed by atoms with E-state index >= 15 is 0 Å². The number of hydrogen-bond acceptors (Lipinski definition) is 8. The Hall–Kier alpha value is -4.08. The van der Waals surface area contributed by atoms with Crippen molar-refractivity contribution in [2.45, 2.75) is 13.0 Å². The molecule has 2 amide bonds. The molecule has 1 atom stereocenters. The molecular weight excluding hydrogens is 396 g/mol. The summed E-state index contributed by atoms with van der Waals surface area (Å²) in [5, 5.41) is 11.2. The van der Waals surface area contributed by atoms with Crippen molar-refractivity contribution in [3.8, 4) is 5.75 Å². The average molecular weight is 412 g/mol. The summed E-state index contributed by atoms with van der Waals surface area (Å²) in [5.74, 6) is -2.74. The Balaban J connectivity index is 1.71. The van der Waals surface area contributed by atoms with E-state index in [0.717, 1.165) is 6.07 Å². The predicted octanol–water partition coefficient (Wildman–Crippen LogP) is 2.01. The molecule has 0 saturated carbocycles. The molecule has 0 N–H and O–H groups in total. The zero-order valence-electron chi connectivity index (χ0n) is 16.0. The second kappa shape index (κ2) is 8.11. The number of carbonyl (C=O) groups is 4. The molecule has 30 heavy (non-hydrogen) atoms. The van der Waals surface area contributed by atoms with Crippen molar-refractivity contribution >= 4 is 29.3 Å². The van der Waals surface area contributed by atoms with Crippen molar-refractivity contribution in [1.29, 1.82) is 0 Å². The van der Waals surface area contributed by atoms with Crippen LogP contribution in [0.2, 0.25) is 0 Å². The van der Waals surface area contributed by atoms with Crippen molar-refractivity contribution in [3.63, 3.8) is 0 Å². The first-order valence-electron chi connectivity index (χ1n) is 8.75. The maximum Gasteiger partial charge on any atom is 0.329 e. The van der Waals surface area contributed by atoms with Gasteiger partial charge in [-0.15, -0.1) is 0 Å². The Morgan fingerprint density at radius 3 is 2.37 bits per heavy atom. The SMILES string of the molecule is COc1ccc(C(=O)COC(=O)[C@H](C)N2C(=O)c3cccc([N+](=O)[O-])c3C2=O)cc1. The van der Waals surface area contributed by atoms with Gasteiger partial charge in [-0.3, -0.25) is 29.4 Å². The van der Waals surface area contributed by atoms with E-state index in [1.54, 1.807) is 12.1 Å². The molecule has 0 unspecified atom stereocenters. The number of nitro groups is 1. The normalized spacial score (nSPS) is 13.6. The molecule has 154 valence electrons. The van der Waals surface area contributed by atoms with E-state index in [2.05, 4.69) is 0 Å². The molecule has 1 heterocycles. The van der Waals surface area contributed by atoms with Crippen LogP contribution >= 0.6 is 0 Å². The Morgan fingerprint density at radius 1 is 1.10 bits per heavy atom. The minimum atomic E-state index is -1.37. The van der Waals surface area contributed by atoms with Crippen molar-refractivity contribution in [2.24, 2.45) is 0 Å². The molecular formula is C20H16N2O8. The van der Waals surface area contributed by atoms with Gasteiger partial charge in [0.15, 0.2) is 12.4 Å². The van der Waals surface area contributed by atoms with Gasteiger partial charge in [0.1, 0.15) is 17.4 Å². The number of fused-ring (bicyclic) bond motifs is 1. The van der Waals surface area contributed by atoms with Crippen LogP contribution in [0.15, 0.2) is 42.5 Å². The molecule has 3 rings (SSSR count). The number of imide groups is 1. The van der Waals surface area contributed by atoms with Gasteiger partial charge < -0.3 is 9.47 Å². The third-order valence-corrected chi connectivity index (χ3v) is 4.61. The van der Waals surface area contributed by atoms with E-state index in [1.807, 2.05) is 0 Å². The highest BCUT2D eigenvalue weighted by atomic mass is 16.6. The number of benzene rings is 2. The van der Waals surface area contributed by atoms with Gasteiger partial charge in [-0.25, -0.2) is 4.79 Å². The molecule has 10 heteroatoms. The highest BCUT2D eigenvalue weighted by Crippen LogP contribution is 2.32. The molecule has 2 aromatic carbocycles. The van der Waals surface area contributed by atoms with Gasteiger partial charge in [-0.2, -0.15) is 0 Å². The van der Waals surface area contributed by atoms with Gasteiger partial charge in [0.25, 0.3) is 17.5 Å². The van der Waals surface area contributed by atoms with Gasteiger partial charge in [0.2, 0.25) is 0 Å². The van der Waals surface area contributed by atoms with Crippen LogP contribution in [0.5, 0.6) is 5.75 Å². The van der Waals surface area contributed by atoms with Gasteiger partial charge in [-0.05, 0) is 37.3 Å². The zero-order valence-corrected chi connectivity index (χ0v) is 16.0. The van der Waals surface area contributed by atoms with Crippen LogP contribution < -0.4 is 4.74 Å². The quantitative estimate of drug-likeness (QED) is 0.222. The molecule has 0 aliphatic carbocycles. The number of ether oxygens (including phenoxy) is 2. The molecule has 2 aromatic rings. The first kappa shape index (κ1) is 20.6. The van der Waals surface area contributed by atoms with Crippen LogP contribution in [0.25, 0.3) is 0 Å². The Bertz CT molecular complexity index is 1060. The van der Waals surface area contributed by atoms with Gasteiger partial charge >= 0.3 is 5.97 Å². The molecule has 0 saturated heterocycles. The predicted molar refractivity (Wildman–Crippen MR) is 101 cm³/mol. The maximum absolute atomic E-state index is 12.6. The lowest BCUT2D eigenvalue weighted by atomic mass is 10.1. The van der Waals surface area contributed by atoms with Gasteiger partial charge in [0.05, 0.1) is 17.6 Å². The molecule has 0 bridgehead atoms. The van der Waals surface area contributed by atoms with E-state index in [-0.39, 0.29) is 16.7 Å². The van der Waals surface area contributed by atoms with Crippen LogP contribution in [-0.2, 0) is 9.53 Å². The molecule has 10 nitrogen and oxygen atoms in total. The van der Waals surface area contributed by atoms with E-state index in [9.17, 15) is 29.3 Å². The fraction of sp³-hybridized carbons (Fsp3) is 0.200. The van der Waals surface area contributed by atoms with Gasteiger partial charge in [0, 0.05) is 11.6 Å². The number of nitrogens with zero attached hydrogens (tertiary/aromatic N) is 2. The third-order valence-electron chi connectivity index (χ3n) is 4.61. The van der Waals surface area contributed by atoms with Crippen molar-refractivity contribution in [2.75, 3.05) is 13.7 Å². The van der Waals surface area contributed by atoms with E-state index < -0.39 is 46.8 Å². The highest BCUT2D eigenvalue weighted by molar-refractivity contribution is 6.24. The minimum absolute atomic E-state index is 0.164. The molecule has 1 aliphatic heterocycles. The molecule has 1 aliphatic rings. The van der Waals surface area contributed by atoms with E-state index in [0.29, 0.717) is 10.6 Å². The second-order valence-corrected chi connectivity index (χ2v) is 6.37. The average Bonchev–Trinajstić information content (AvgIpc) is 3.01. The lowest BCUT2D eigenvalue weighted by Gasteiger charge is -2.20. The smallest absolute Gasteiger partial charge is 0.329 e. The first-order chi connectivity index (χ1) is 14.3. The molecule has 0 radical (unpaired) electrons. The number of rotatable bonds is 7. The minimum Gasteiger partial charge on any atom is -0.497 e. The summed E-state index contributed by atoms with van der Waals surface area (Å²) in [6.07, 6.45) is 0. The fourth-order valence-corrected chi connectivity index (χ4v) is 3.01. The molecule has 0 spiro atoms. The van der Waals surface area contributed by atoms with E-state index in [4.69, 9.17) is 9.47 Å². The number of ketones is 1.